The summed E-state index contributed by atoms with van der Waals surface area (Å²) in [5.41, 5.74) is 1.69. The molecule has 0 saturated carbocycles. The number of nitriles is 2. The maximum atomic E-state index is 11.4. The van der Waals surface area contributed by atoms with Gasteiger partial charge < -0.3 is 4.90 Å². The fourth-order valence-electron chi connectivity index (χ4n) is 2.29. The number of ketones is 1. The van der Waals surface area contributed by atoms with Crippen LogP contribution in [0.3, 0.4) is 0 Å². The average Bonchev–Trinajstić information content (AvgIpc) is 2.38. The molecule has 1 heterocycles. The molecule has 2 rings (SSSR count). The molecule has 1 saturated heterocycles. The highest BCUT2D eigenvalue weighted by Crippen LogP contribution is 2.25. The molecule has 0 radical (unpaired) electrons. The summed E-state index contributed by atoms with van der Waals surface area (Å²) in [5, 5.41) is 17.9. The Morgan fingerprint density at radius 3 is 2.61 bits per heavy atom. The van der Waals surface area contributed by atoms with E-state index < -0.39 is 0 Å². The van der Waals surface area contributed by atoms with E-state index in [2.05, 4.69) is 4.90 Å². The summed E-state index contributed by atoms with van der Waals surface area (Å²) in [6, 6.07) is 9.41. The summed E-state index contributed by atoms with van der Waals surface area (Å²) in [6.07, 6.45) is 1.09. The first kappa shape index (κ1) is 12.1. The number of piperidine rings is 1. The van der Waals surface area contributed by atoms with E-state index in [0.717, 1.165) is 5.69 Å². The Balaban J connectivity index is 2.32. The maximum Gasteiger partial charge on any atom is 0.136 e. The van der Waals surface area contributed by atoms with Crippen molar-refractivity contribution in [2.75, 3.05) is 11.4 Å². The maximum absolute atomic E-state index is 11.4. The van der Waals surface area contributed by atoms with Crippen molar-refractivity contribution < 1.29 is 4.79 Å². The van der Waals surface area contributed by atoms with Crippen molar-refractivity contribution in [3.05, 3.63) is 29.3 Å². The number of rotatable bonds is 1. The highest BCUT2D eigenvalue weighted by molar-refractivity contribution is 5.81. The van der Waals surface area contributed by atoms with Gasteiger partial charge in [0, 0.05) is 31.1 Å². The number of Topliss-reactive ketones (excluding diaryl/α,β-unsaturated/α-hetero) is 1. The molecule has 4 heteroatoms. The van der Waals surface area contributed by atoms with E-state index in [1.54, 1.807) is 12.1 Å². The van der Waals surface area contributed by atoms with E-state index in [-0.39, 0.29) is 11.8 Å². The first-order valence-electron chi connectivity index (χ1n) is 5.88. The average molecular weight is 239 g/mol. The lowest BCUT2D eigenvalue weighted by Crippen LogP contribution is -2.41. The standard InChI is InChI=1S/C14H13N3O/c1-10-6-14(18)4-5-17(10)13-3-2-11(8-15)12(7-13)9-16/h2-3,7,10H,4-6H2,1H3/t10-/m1/s1. The van der Waals surface area contributed by atoms with Gasteiger partial charge in [-0.1, -0.05) is 0 Å². The lowest BCUT2D eigenvalue weighted by Gasteiger charge is -2.34. The highest BCUT2D eigenvalue weighted by Gasteiger charge is 2.24. The summed E-state index contributed by atoms with van der Waals surface area (Å²) < 4.78 is 0. The minimum absolute atomic E-state index is 0.144. The van der Waals surface area contributed by atoms with Gasteiger partial charge in [0.1, 0.15) is 17.9 Å². The molecule has 18 heavy (non-hydrogen) atoms. The third kappa shape index (κ3) is 2.19. The predicted molar refractivity (Wildman–Crippen MR) is 66.9 cm³/mol. The smallest absolute Gasteiger partial charge is 0.136 e. The van der Waals surface area contributed by atoms with Gasteiger partial charge in [0.15, 0.2) is 0 Å². The topological polar surface area (TPSA) is 67.9 Å². The Morgan fingerprint density at radius 2 is 2.00 bits per heavy atom. The molecule has 0 unspecified atom stereocenters. The van der Waals surface area contributed by atoms with Gasteiger partial charge in [-0.05, 0) is 25.1 Å². The Bertz CT molecular complexity index is 565. The number of anilines is 1. The normalized spacial score (nSPS) is 19.2. The molecule has 1 aromatic rings. The van der Waals surface area contributed by atoms with Crippen LogP contribution in [0.25, 0.3) is 0 Å². The second-order valence-corrected chi connectivity index (χ2v) is 4.49. The minimum Gasteiger partial charge on any atom is -0.368 e. The minimum atomic E-state index is 0.144. The van der Waals surface area contributed by atoms with Crippen molar-refractivity contribution in [3.8, 4) is 12.1 Å². The Morgan fingerprint density at radius 1 is 1.28 bits per heavy atom. The Hall–Kier alpha value is -2.33. The quantitative estimate of drug-likeness (QED) is 0.751. The monoisotopic (exact) mass is 239 g/mol. The molecule has 0 aliphatic carbocycles. The molecule has 1 aliphatic rings. The number of hydrogen-bond acceptors (Lipinski definition) is 4. The van der Waals surface area contributed by atoms with Crippen molar-refractivity contribution in [1.82, 2.24) is 0 Å². The molecule has 1 atom stereocenters. The number of carbonyl (C=O) groups is 1. The fraction of sp³-hybridized carbons (Fsp3) is 0.357. The van der Waals surface area contributed by atoms with Crippen LogP contribution in [0.2, 0.25) is 0 Å². The summed E-state index contributed by atoms with van der Waals surface area (Å²) in [6.45, 7) is 2.68. The van der Waals surface area contributed by atoms with Gasteiger partial charge in [-0.3, -0.25) is 4.79 Å². The zero-order valence-corrected chi connectivity index (χ0v) is 10.2. The highest BCUT2D eigenvalue weighted by atomic mass is 16.1. The molecule has 1 fully saturated rings. The SMILES string of the molecule is C[C@@H]1CC(=O)CCN1c1ccc(C#N)c(C#N)c1. The van der Waals surface area contributed by atoms with Gasteiger partial charge in [0.2, 0.25) is 0 Å². The third-order valence-corrected chi connectivity index (χ3v) is 3.26. The second-order valence-electron chi connectivity index (χ2n) is 4.49. The van der Waals surface area contributed by atoms with Crippen molar-refractivity contribution in [3.63, 3.8) is 0 Å². The molecule has 0 aromatic heterocycles. The molecule has 0 amide bonds. The lowest BCUT2D eigenvalue weighted by atomic mass is 10.00. The van der Waals surface area contributed by atoms with E-state index in [4.69, 9.17) is 10.5 Å². The van der Waals surface area contributed by atoms with Gasteiger partial charge in [-0.25, -0.2) is 0 Å². The van der Waals surface area contributed by atoms with Gasteiger partial charge in [-0.15, -0.1) is 0 Å². The van der Waals surface area contributed by atoms with Crippen LogP contribution in [-0.2, 0) is 4.79 Å². The van der Waals surface area contributed by atoms with Crippen LogP contribution >= 0.6 is 0 Å². The molecular weight excluding hydrogens is 226 g/mol. The van der Waals surface area contributed by atoms with Crippen LogP contribution in [0.15, 0.2) is 18.2 Å². The predicted octanol–water partition coefficient (Wildman–Crippen LogP) is 1.99. The summed E-state index contributed by atoms with van der Waals surface area (Å²) >= 11 is 0. The van der Waals surface area contributed by atoms with Crippen LogP contribution < -0.4 is 4.90 Å². The summed E-state index contributed by atoms with van der Waals surface area (Å²) in [7, 11) is 0. The number of nitrogens with zero attached hydrogens (tertiary/aromatic N) is 3. The van der Waals surface area contributed by atoms with Crippen LogP contribution in [0, 0.1) is 22.7 Å². The van der Waals surface area contributed by atoms with E-state index in [0.29, 0.717) is 30.5 Å². The largest absolute Gasteiger partial charge is 0.368 e. The molecule has 90 valence electrons. The van der Waals surface area contributed by atoms with Crippen molar-refractivity contribution in [2.24, 2.45) is 0 Å². The summed E-state index contributed by atoms with van der Waals surface area (Å²) in [5.74, 6) is 0.285. The van der Waals surface area contributed by atoms with Gasteiger partial charge in [0.25, 0.3) is 0 Å². The van der Waals surface area contributed by atoms with Crippen molar-refractivity contribution in [2.45, 2.75) is 25.8 Å². The Kier molecular flexibility index (Phi) is 3.30. The van der Waals surface area contributed by atoms with E-state index in [1.165, 1.54) is 0 Å². The van der Waals surface area contributed by atoms with E-state index in [1.807, 2.05) is 25.1 Å². The van der Waals surface area contributed by atoms with Crippen molar-refractivity contribution >= 4 is 11.5 Å². The number of hydrogen-bond donors (Lipinski definition) is 0. The molecule has 0 bridgehead atoms. The van der Waals surface area contributed by atoms with Crippen LogP contribution in [0.1, 0.15) is 30.9 Å². The first-order chi connectivity index (χ1) is 8.65. The zero-order valence-electron chi connectivity index (χ0n) is 10.2. The van der Waals surface area contributed by atoms with Crippen molar-refractivity contribution in [1.29, 1.82) is 10.5 Å². The van der Waals surface area contributed by atoms with Gasteiger partial charge in [-0.2, -0.15) is 10.5 Å². The van der Waals surface area contributed by atoms with Gasteiger partial charge in [0.05, 0.1) is 11.1 Å². The summed E-state index contributed by atoms with van der Waals surface area (Å²) in [4.78, 5) is 13.5. The molecular formula is C14H13N3O. The fourth-order valence-corrected chi connectivity index (χ4v) is 2.29. The van der Waals surface area contributed by atoms with Gasteiger partial charge >= 0.3 is 0 Å². The lowest BCUT2D eigenvalue weighted by molar-refractivity contribution is -0.120. The van der Waals surface area contributed by atoms with Crippen LogP contribution in [-0.4, -0.2) is 18.4 Å². The molecule has 0 spiro atoms. The van der Waals surface area contributed by atoms with E-state index >= 15 is 0 Å². The number of carbonyl (C=O) groups excluding carboxylic acids is 1. The number of benzene rings is 1. The molecule has 4 nitrogen and oxygen atoms in total. The van der Waals surface area contributed by atoms with E-state index in [9.17, 15) is 4.79 Å². The second kappa shape index (κ2) is 4.89. The third-order valence-electron chi connectivity index (χ3n) is 3.26. The molecule has 0 N–H and O–H groups in total. The Labute approximate surface area is 106 Å². The van der Waals surface area contributed by atoms with Crippen LogP contribution in [0.5, 0.6) is 0 Å². The molecule has 1 aliphatic heterocycles. The first-order valence-corrected chi connectivity index (χ1v) is 5.88. The zero-order chi connectivity index (χ0) is 13.1. The van der Waals surface area contributed by atoms with Crippen LogP contribution in [0.4, 0.5) is 5.69 Å². The molecule has 1 aromatic carbocycles.